The summed E-state index contributed by atoms with van der Waals surface area (Å²) in [5.74, 6) is -0.313. The maximum Gasteiger partial charge on any atom is 0.345 e. The zero-order valence-electron chi connectivity index (χ0n) is 11.9. The molecule has 0 bridgehead atoms. The van der Waals surface area contributed by atoms with E-state index < -0.39 is 4.92 Å². The van der Waals surface area contributed by atoms with E-state index in [0.717, 1.165) is 35.0 Å². The lowest BCUT2D eigenvalue weighted by Crippen LogP contribution is -2.14. The van der Waals surface area contributed by atoms with Crippen molar-refractivity contribution in [3.8, 4) is 5.69 Å². The van der Waals surface area contributed by atoms with Crippen LogP contribution in [0.1, 0.15) is 0 Å². The predicted molar refractivity (Wildman–Crippen MR) is 87.3 cm³/mol. The number of aromatic nitrogens is 5. The third-order valence-corrected chi connectivity index (χ3v) is 4.48. The van der Waals surface area contributed by atoms with Crippen molar-refractivity contribution in [1.82, 2.24) is 25.2 Å². The molecule has 2 heterocycles. The van der Waals surface area contributed by atoms with Crippen LogP contribution < -0.4 is 5.32 Å². The highest BCUT2D eigenvalue weighted by Crippen LogP contribution is 2.25. The number of amides is 1. The summed E-state index contributed by atoms with van der Waals surface area (Å²) in [6.07, 6.45) is 1.10. The van der Waals surface area contributed by atoms with Crippen LogP contribution in [0.3, 0.4) is 0 Å². The van der Waals surface area contributed by atoms with Gasteiger partial charge in [0.05, 0.1) is 16.4 Å². The minimum atomic E-state index is -0.559. The Labute approximate surface area is 143 Å². The SMILES string of the molecule is O=C(CSc1nnnn1-c1ccccc1)Nc1ncc([N+](=O)[O-])s1. The molecule has 0 atom stereocenters. The van der Waals surface area contributed by atoms with Crippen LogP contribution in [-0.2, 0) is 4.79 Å². The van der Waals surface area contributed by atoms with E-state index in [1.807, 2.05) is 30.3 Å². The summed E-state index contributed by atoms with van der Waals surface area (Å²) in [7, 11) is 0. The number of anilines is 1. The zero-order valence-corrected chi connectivity index (χ0v) is 13.5. The van der Waals surface area contributed by atoms with Gasteiger partial charge in [-0.3, -0.25) is 14.9 Å². The second-order valence-corrected chi connectivity index (χ2v) is 6.26. The van der Waals surface area contributed by atoms with Gasteiger partial charge in [-0.25, -0.2) is 4.98 Å². The Morgan fingerprint density at radius 2 is 2.17 bits per heavy atom. The third-order valence-electron chi connectivity index (χ3n) is 2.69. The molecule has 0 spiro atoms. The molecule has 3 rings (SSSR count). The van der Waals surface area contributed by atoms with Crippen LogP contribution in [0.4, 0.5) is 10.1 Å². The predicted octanol–water partition coefficient (Wildman–Crippen LogP) is 1.76. The molecule has 0 aliphatic heterocycles. The molecule has 122 valence electrons. The molecule has 0 aliphatic carbocycles. The van der Waals surface area contributed by atoms with Gasteiger partial charge in [-0.15, -0.1) is 5.10 Å². The number of carbonyl (C=O) groups excluding carboxylic acids is 1. The molecule has 1 aromatic carbocycles. The fourth-order valence-electron chi connectivity index (χ4n) is 1.69. The molecule has 0 saturated carbocycles. The Bertz CT molecular complexity index is 864. The van der Waals surface area contributed by atoms with E-state index in [2.05, 4.69) is 25.8 Å². The Kier molecular flexibility index (Phi) is 4.77. The van der Waals surface area contributed by atoms with Crippen LogP contribution >= 0.6 is 23.1 Å². The van der Waals surface area contributed by atoms with Crippen LogP contribution in [0.15, 0.2) is 41.7 Å². The fourth-order valence-corrected chi connectivity index (χ4v) is 3.03. The molecule has 1 amide bonds. The molecule has 0 fully saturated rings. The van der Waals surface area contributed by atoms with Crippen molar-refractivity contribution < 1.29 is 9.72 Å². The molecule has 24 heavy (non-hydrogen) atoms. The Hall–Kier alpha value is -2.86. The topological polar surface area (TPSA) is 129 Å². The molecule has 0 radical (unpaired) electrons. The average molecular weight is 363 g/mol. The van der Waals surface area contributed by atoms with Crippen molar-refractivity contribution in [2.75, 3.05) is 11.1 Å². The number of benzene rings is 1. The highest BCUT2D eigenvalue weighted by atomic mass is 32.2. The van der Waals surface area contributed by atoms with E-state index >= 15 is 0 Å². The number of thiazole rings is 1. The second kappa shape index (κ2) is 7.14. The van der Waals surface area contributed by atoms with Gasteiger partial charge in [0.15, 0.2) is 5.13 Å². The van der Waals surface area contributed by atoms with Crippen LogP contribution in [0.2, 0.25) is 0 Å². The first-order chi connectivity index (χ1) is 11.6. The minimum Gasteiger partial charge on any atom is -0.301 e. The van der Waals surface area contributed by atoms with Gasteiger partial charge in [-0.2, -0.15) is 4.68 Å². The first-order valence-corrected chi connectivity index (χ1v) is 8.30. The highest BCUT2D eigenvalue weighted by molar-refractivity contribution is 7.99. The quantitative estimate of drug-likeness (QED) is 0.398. The summed E-state index contributed by atoms with van der Waals surface area (Å²) in [5, 5.41) is 25.0. The van der Waals surface area contributed by atoms with E-state index in [0.29, 0.717) is 5.16 Å². The summed E-state index contributed by atoms with van der Waals surface area (Å²) in [6, 6.07) is 9.27. The number of tetrazole rings is 1. The number of hydrogen-bond acceptors (Lipinski definition) is 9. The second-order valence-electron chi connectivity index (χ2n) is 4.31. The number of para-hydroxylation sites is 1. The van der Waals surface area contributed by atoms with Gasteiger partial charge in [0.25, 0.3) is 0 Å². The standard InChI is InChI=1S/C12H9N7O3S2/c20-9(14-11-13-6-10(24-11)19(21)22)7-23-12-15-16-17-18(12)8-4-2-1-3-5-8/h1-6H,7H2,(H,13,14,20). The lowest BCUT2D eigenvalue weighted by Gasteiger charge is -2.03. The van der Waals surface area contributed by atoms with Gasteiger partial charge >= 0.3 is 5.00 Å². The van der Waals surface area contributed by atoms with E-state index in [1.165, 1.54) is 4.68 Å². The molecule has 1 N–H and O–H groups in total. The molecule has 0 unspecified atom stereocenters. The number of rotatable bonds is 6. The van der Waals surface area contributed by atoms with Gasteiger partial charge in [0.1, 0.15) is 6.20 Å². The van der Waals surface area contributed by atoms with E-state index in [4.69, 9.17) is 0 Å². The van der Waals surface area contributed by atoms with Gasteiger partial charge in [-0.05, 0) is 33.9 Å². The van der Waals surface area contributed by atoms with Gasteiger partial charge < -0.3 is 5.32 Å². The normalized spacial score (nSPS) is 10.5. The monoisotopic (exact) mass is 363 g/mol. The summed E-state index contributed by atoms with van der Waals surface area (Å²) in [4.78, 5) is 25.7. The van der Waals surface area contributed by atoms with Crippen LogP contribution in [0.5, 0.6) is 0 Å². The maximum atomic E-state index is 11.9. The van der Waals surface area contributed by atoms with Crippen LogP contribution in [0.25, 0.3) is 5.69 Å². The van der Waals surface area contributed by atoms with Crippen molar-refractivity contribution in [3.05, 3.63) is 46.6 Å². The molecule has 2 aromatic heterocycles. The van der Waals surface area contributed by atoms with Crippen molar-refractivity contribution in [1.29, 1.82) is 0 Å². The summed E-state index contributed by atoms with van der Waals surface area (Å²) < 4.78 is 1.52. The number of hydrogen-bond donors (Lipinski definition) is 1. The number of thioether (sulfide) groups is 1. The average Bonchev–Trinajstić information content (AvgIpc) is 3.23. The van der Waals surface area contributed by atoms with Crippen molar-refractivity contribution in [3.63, 3.8) is 0 Å². The number of nitro groups is 1. The number of nitrogens with zero attached hydrogens (tertiary/aromatic N) is 6. The zero-order chi connectivity index (χ0) is 16.9. The molecule has 0 saturated heterocycles. The maximum absolute atomic E-state index is 11.9. The smallest absolute Gasteiger partial charge is 0.301 e. The molecule has 12 heteroatoms. The fraction of sp³-hybridized carbons (Fsp3) is 0.0833. The Balaban J connectivity index is 1.61. The molecular formula is C12H9N7O3S2. The molecule has 10 nitrogen and oxygen atoms in total. The largest absolute Gasteiger partial charge is 0.345 e. The number of carbonyl (C=O) groups is 1. The highest BCUT2D eigenvalue weighted by Gasteiger charge is 2.15. The van der Waals surface area contributed by atoms with E-state index in [9.17, 15) is 14.9 Å². The minimum absolute atomic E-state index is 0.0422. The lowest BCUT2D eigenvalue weighted by molar-refractivity contribution is -0.380. The lowest BCUT2D eigenvalue weighted by atomic mass is 10.3. The first-order valence-electron chi connectivity index (χ1n) is 6.50. The van der Waals surface area contributed by atoms with E-state index in [-0.39, 0.29) is 21.8 Å². The first kappa shape index (κ1) is 16.0. The third kappa shape index (κ3) is 3.72. The molecule has 3 aromatic rings. The van der Waals surface area contributed by atoms with Gasteiger partial charge in [0, 0.05) is 0 Å². The molecular weight excluding hydrogens is 354 g/mol. The Morgan fingerprint density at radius 1 is 1.38 bits per heavy atom. The van der Waals surface area contributed by atoms with Crippen LogP contribution in [-0.4, -0.2) is 41.8 Å². The Morgan fingerprint density at radius 3 is 2.88 bits per heavy atom. The van der Waals surface area contributed by atoms with Crippen molar-refractivity contribution >= 4 is 39.1 Å². The van der Waals surface area contributed by atoms with Gasteiger partial charge in [-0.1, -0.05) is 30.0 Å². The molecule has 0 aliphatic rings. The number of nitrogens with one attached hydrogen (secondary N) is 1. The van der Waals surface area contributed by atoms with Crippen molar-refractivity contribution in [2.24, 2.45) is 0 Å². The summed E-state index contributed by atoms with van der Waals surface area (Å²) in [5.41, 5.74) is 0.779. The van der Waals surface area contributed by atoms with Crippen LogP contribution in [0, 0.1) is 10.1 Å². The van der Waals surface area contributed by atoms with E-state index in [1.54, 1.807) is 0 Å². The summed E-state index contributed by atoms with van der Waals surface area (Å²) >= 11 is 1.94. The summed E-state index contributed by atoms with van der Waals surface area (Å²) in [6.45, 7) is 0. The van der Waals surface area contributed by atoms with Gasteiger partial charge in [0.2, 0.25) is 11.1 Å². The van der Waals surface area contributed by atoms with Crippen molar-refractivity contribution in [2.45, 2.75) is 5.16 Å².